The van der Waals surface area contributed by atoms with Crippen LogP contribution < -0.4 is 11.3 Å². The molecule has 1 heterocycles. The van der Waals surface area contributed by atoms with Gasteiger partial charge in [0.2, 0.25) is 5.91 Å². The van der Waals surface area contributed by atoms with Gasteiger partial charge in [-0.1, -0.05) is 6.07 Å². The first-order chi connectivity index (χ1) is 8.63. The largest absolute Gasteiger partial charge is 0.366 e. The summed E-state index contributed by atoms with van der Waals surface area (Å²) in [5.41, 5.74) is 5.74. The summed E-state index contributed by atoms with van der Waals surface area (Å²) in [5, 5.41) is 8.96. The molecule has 0 spiro atoms. The Morgan fingerprint density at radius 3 is 2.67 bits per heavy atom. The third-order valence-corrected chi connectivity index (χ3v) is 2.49. The molecule has 0 radical (unpaired) electrons. The van der Waals surface area contributed by atoms with Crippen LogP contribution in [-0.4, -0.2) is 10.5 Å². The van der Waals surface area contributed by atoms with Crippen LogP contribution in [0, 0.1) is 11.3 Å². The summed E-state index contributed by atoms with van der Waals surface area (Å²) >= 11 is 0. The maximum absolute atomic E-state index is 11.6. The number of carbonyl (C=O) groups is 1. The number of primary amides is 1. The third kappa shape index (κ3) is 1.99. The molecule has 2 aromatic rings. The Kier molecular flexibility index (Phi) is 2.94. The monoisotopic (exact) mass is 239 g/mol. The van der Waals surface area contributed by atoms with Gasteiger partial charge in [-0.3, -0.25) is 14.2 Å². The molecule has 2 rings (SSSR count). The van der Waals surface area contributed by atoms with E-state index in [9.17, 15) is 9.59 Å². The third-order valence-electron chi connectivity index (χ3n) is 2.49. The standard InChI is InChI=1S/C13H9N3O2/c14-8-9-7-10(4-5-11(9)13(15)18)16-6-2-1-3-12(16)17/h1-7H,(H2,15,18). The second-order valence-electron chi connectivity index (χ2n) is 3.61. The lowest BCUT2D eigenvalue weighted by Gasteiger charge is -2.06. The van der Waals surface area contributed by atoms with Crippen LogP contribution in [0.1, 0.15) is 15.9 Å². The zero-order valence-electron chi connectivity index (χ0n) is 9.33. The predicted molar refractivity (Wildman–Crippen MR) is 65.3 cm³/mol. The maximum Gasteiger partial charge on any atom is 0.255 e. The fourth-order valence-electron chi connectivity index (χ4n) is 1.63. The molecule has 0 bridgehead atoms. The van der Waals surface area contributed by atoms with Crippen LogP contribution in [0.3, 0.4) is 0 Å². The van der Waals surface area contributed by atoms with Crippen molar-refractivity contribution in [1.82, 2.24) is 4.57 Å². The fourth-order valence-corrected chi connectivity index (χ4v) is 1.63. The Balaban J connectivity index is 2.63. The van der Waals surface area contributed by atoms with Crippen LogP contribution in [0.4, 0.5) is 0 Å². The number of nitrogens with two attached hydrogens (primary N) is 1. The van der Waals surface area contributed by atoms with E-state index in [1.54, 1.807) is 24.4 Å². The van der Waals surface area contributed by atoms with Crippen LogP contribution in [-0.2, 0) is 0 Å². The predicted octanol–water partition coefficient (Wildman–Crippen LogP) is 0.808. The number of carbonyl (C=O) groups excluding carboxylic acids is 1. The summed E-state index contributed by atoms with van der Waals surface area (Å²) in [6, 6.07) is 11.1. The van der Waals surface area contributed by atoms with Crippen molar-refractivity contribution in [3.8, 4) is 11.8 Å². The van der Waals surface area contributed by atoms with E-state index < -0.39 is 5.91 Å². The zero-order chi connectivity index (χ0) is 13.1. The lowest BCUT2D eigenvalue weighted by molar-refractivity contribution is 0.1000. The lowest BCUT2D eigenvalue weighted by Crippen LogP contribution is -2.17. The Labute approximate surface area is 103 Å². The SMILES string of the molecule is N#Cc1cc(-n2ccccc2=O)ccc1C(N)=O. The van der Waals surface area contributed by atoms with Gasteiger partial charge in [-0.05, 0) is 24.3 Å². The minimum absolute atomic E-state index is 0.144. The van der Waals surface area contributed by atoms with Gasteiger partial charge in [0.15, 0.2) is 0 Å². The van der Waals surface area contributed by atoms with E-state index in [2.05, 4.69) is 0 Å². The van der Waals surface area contributed by atoms with E-state index >= 15 is 0 Å². The molecular weight excluding hydrogens is 230 g/mol. The van der Waals surface area contributed by atoms with Gasteiger partial charge >= 0.3 is 0 Å². The number of rotatable bonds is 2. The average molecular weight is 239 g/mol. The first kappa shape index (κ1) is 11.6. The molecule has 0 aliphatic rings. The van der Waals surface area contributed by atoms with Crippen LogP contribution in [0.15, 0.2) is 47.4 Å². The molecule has 0 saturated carbocycles. The Morgan fingerprint density at radius 1 is 1.28 bits per heavy atom. The minimum atomic E-state index is -0.668. The zero-order valence-corrected chi connectivity index (χ0v) is 9.33. The molecule has 5 nitrogen and oxygen atoms in total. The number of pyridine rings is 1. The molecule has 1 amide bonds. The average Bonchev–Trinajstić information content (AvgIpc) is 2.38. The summed E-state index contributed by atoms with van der Waals surface area (Å²) < 4.78 is 1.38. The van der Waals surface area contributed by atoms with Gasteiger partial charge in [-0.25, -0.2) is 0 Å². The fraction of sp³-hybridized carbons (Fsp3) is 0. The molecular formula is C13H9N3O2. The van der Waals surface area contributed by atoms with Crippen molar-refractivity contribution in [2.45, 2.75) is 0 Å². The number of amides is 1. The summed E-state index contributed by atoms with van der Waals surface area (Å²) in [6.45, 7) is 0. The van der Waals surface area contributed by atoms with Crippen LogP contribution in [0.2, 0.25) is 0 Å². The van der Waals surface area contributed by atoms with Gasteiger partial charge in [-0.2, -0.15) is 5.26 Å². The van der Waals surface area contributed by atoms with Crippen molar-refractivity contribution in [2.24, 2.45) is 5.73 Å². The Hall–Kier alpha value is -2.87. The van der Waals surface area contributed by atoms with Crippen LogP contribution >= 0.6 is 0 Å². The summed E-state index contributed by atoms with van der Waals surface area (Å²) in [6.07, 6.45) is 1.59. The van der Waals surface area contributed by atoms with Crippen molar-refractivity contribution in [2.75, 3.05) is 0 Å². The van der Waals surface area contributed by atoms with E-state index in [-0.39, 0.29) is 16.7 Å². The first-order valence-corrected chi connectivity index (χ1v) is 5.15. The van der Waals surface area contributed by atoms with Gasteiger partial charge in [0.1, 0.15) is 6.07 Å². The number of hydrogen-bond donors (Lipinski definition) is 1. The highest BCUT2D eigenvalue weighted by molar-refractivity contribution is 5.95. The second-order valence-corrected chi connectivity index (χ2v) is 3.61. The highest BCUT2D eigenvalue weighted by Crippen LogP contribution is 2.13. The number of nitrogens with zero attached hydrogens (tertiary/aromatic N) is 2. The molecule has 88 valence electrons. The van der Waals surface area contributed by atoms with E-state index in [0.717, 1.165) is 0 Å². The van der Waals surface area contributed by atoms with Gasteiger partial charge in [0.25, 0.3) is 5.56 Å². The molecule has 0 unspecified atom stereocenters. The molecule has 0 fully saturated rings. The van der Waals surface area contributed by atoms with Gasteiger partial charge in [0, 0.05) is 18.0 Å². The van der Waals surface area contributed by atoms with E-state index in [1.165, 1.54) is 22.8 Å². The number of hydrogen-bond acceptors (Lipinski definition) is 3. The van der Waals surface area contributed by atoms with E-state index in [0.29, 0.717) is 5.69 Å². The number of nitriles is 1. The smallest absolute Gasteiger partial charge is 0.255 e. The van der Waals surface area contributed by atoms with Crippen molar-refractivity contribution in [3.63, 3.8) is 0 Å². The number of aromatic nitrogens is 1. The summed E-state index contributed by atoms with van der Waals surface area (Å²) in [4.78, 5) is 22.7. The van der Waals surface area contributed by atoms with Crippen LogP contribution in [0.5, 0.6) is 0 Å². The molecule has 0 aliphatic carbocycles. The lowest BCUT2D eigenvalue weighted by atomic mass is 10.1. The topological polar surface area (TPSA) is 88.9 Å². The van der Waals surface area contributed by atoms with Crippen LogP contribution in [0.25, 0.3) is 5.69 Å². The normalized spacial score (nSPS) is 9.72. The first-order valence-electron chi connectivity index (χ1n) is 5.15. The highest BCUT2D eigenvalue weighted by Gasteiger charge is 2.09. The summed E-state index contributed by atoms with van der Waals surface area (Å²) in [7, 11) is 0. The molecule has 0 saturated heterocycles. The quantitative estimate of drug-likeness (QED) is 0.840. The summed E-state index contributed by atoms with van der Waals surface area (Å²) in [5.74, 6) is -0.668. The van der Waals surface area contributed by atoms with Crippen molar-refractivity contribution in [1.29, 1.82) is 5.26 Å². The van der Waals surface area contributed by atoms with Crippen molar-refractivity contribution in [3.05, 3.63) is 64.1 Å². The Morgan fingerprint density at radius 2 is 2.06 bits per heavy atom. The second kappa shape index (κ2) is 4.55. The highest BCUT2D eigenvalue weighted by atomic mass is 16.1. The molecule has 5 heteroatoms. The van der Waals surface area contributed by atoms with Gasteiger partial charge < -0.3 is 5.73 Å². The van der Waals surface area contributed by atoms with E-state index in [1.807, 2.05) is 6.07 Å². The van der Waals surface area contributed by atoms with Gasteiger partial charge in [-0.15, -0.1) is 0 Å². The van der Waals surface area contributed by atoms with E-state index in [4.69, 9.17) is 11.0 Å². The molecule has 0 atom stereocenters. The number of benzene rings is 1. The molecule has 2 N–H and O–H groups in total. The van der Waals surface area contributed by atoms with Crippen molar-refractivity contribution >= 4 is 5.91 Å². The Bertz CT molecular complexity index is 711. The molecule has 1 aromatic heterocycles. The minimum Gasteiger partial charge on any atom is -0.366 e. The molecule has 1 aromatic carbocycles. The van der Waals surface area contributed by atoms with Gasteiger partial charge in [0.05, 0.1) is 11.1 Å². The molecule has 18 heavy (non-hydrogen) atoms. The van der Waals surface area contributed by atoms with Crippen molar-refractivity contribution < 1.29 is 4.79 Å². The maximum atomic E-state index is 11.6. The molecule has 0 aliphatic heterocycles.